The molecule has 0 saturated carbocycles. The Bertz CT molecular complexity index is 938. The molecule has 1 aromatic carbocycles. The average molecular weight is 424 g/mol. The smallest absolute Gasteiger partial charge is 0.167 e. The predicted molar refractivity (Wildman–Crippen MR) is 107 cm³/mol. The summed E-state index contributed by atoms with van der Waals surface area (Å²) in [5, 5.41) is 0. The zero-order chi connectivity index (χ0) is 20.3. The molecule has 146 valence electrons. The van der Waals surface area contributed by atoms with E-state index in [9.17, 15) is 17.6 Å². The Morgan fingerprint density at radius 3 is 1.32 bits per heavy atom. The molecule has 2 aromatic heterocycles. The van der Waals surface area contributed by atoms with Crippen LogP contribution in [-0.2, 0) is 13.1 Å². The molecule has 0 N–H and O–H groups in total. The van der Waals surface area contributed by atoms with Crippen LogP contribution in [0.1, 0.15) is 30.6 Å². The highest BCUT2D eigenvalue weighted by Crippen LogP contribution is 2.26. The molecule has 0 unspecified atom stereocenters. The van der Waals surface area contributed by atoms with Gasteiger partial charge in [0.15, 0.2) is 23.3 Å². The van der Waals surface area contributed by atoms with Crippen molar-refractivity contribution in [2.45, 2.75) is 26.9 Å². The van der Waals surface area contributed by atoms with Crippen molar-refractivity contribution in [2.24, 2.45) is 9.98 Å². The van der Waals surface area contributed by atoms with Gasteiger partial charge in [-0.05, 0) is 38.1 Å². The summed E-state index contributed by atoms with van der Waals surface area (Å²) >= 11 is 2.90. The van der Waals surface area contributed by atoms with Gasteiger partial charge in [0.2, 0.25) is 0 Å². The molecule has 0 radical (unpaired) electrons. The Hall–Kier alpha value is -2.32. The van der Waals surface area contributed by atoms with Crippen LogP contribution < -0.4 is 0 Å². The van der Waals surface area contributed by atoms with Crippen LogP contribution in [0.25, 0.3) is 0 Å². The lowest BCUT2D eigenvalue weighted by molar-refractivity contribution is 0.426. The van der Waals surface area contributed by atoms with Crippen molar-refractivity contribution < 1.29 is 17.6 Å². The van der Waals surface area contributed by atoms with Gasteiger partial charge in [-0.25, -0.2) is 17.6 Å². The highest BCUT2D eigenvalue weighted by atomic mass is 32.1. The number of aliphatic imine (C=N–C) groups is 2. The van der Waals surface area contributed by atoms with E-state index in [1.165, 1.54) is 35.1 Å². The topological polar surface area (TPSA) is 24.7 Å². The van der Waals surface area contributed by atoms with Gasteiger partial charge < -0.3 is 0 Å². The van der Waals surface area contributed by atoms with Gasteiger partial charge in [-0.3, -0.25) is 9.98 Å². The molecule has 2 nitrogen and oxygen atoms in total. The molecule has 0 fully saturated rings. The molecule has 2 heterocycles. The third kappa shape index (κ3) is 4.56. The fourth-order valence-electron chi connectivity index (χ4n) is 2.50. The van der Waals surface area contributed by atoms with E-state index in [0.717, 1.165) is 19.5 Å². The van der Waals surface area contributed by atoms with Crippen molar-refractivity contribution in [1.29, 1.82) is 0 Å². The van der Waals surface area contributed by atoms with Gasteiger partial charge in [0, 0.05) is 31.9 Å². The Labute approximate surface area is 167 Å². The fourth-order valence-corrected chi connectivity index (χ4v) is 4.04. The van der Waals surface area contributed by atoms with Crippen molar-refractivity contribution in [1.82, 2.24) is 0 Å². The van der Waals surface area contributed by atoms with Crippen LogP contribution in [0.3, 0.4) is 0 Å². The van der Waals surface area contributed by atoms with Gasteiger partial charge in [0.25, 0.3) is 0 Å². The SMILES string of the molecule is Cc1ccc(C=NCc2c(F)c(F)c(CN=Cc3ccc(C)s3)c(F)c2F)s1. The lowest BCUT2D eigenvalue weighted by Gasteiger charge is -2.09. The lowest BCUT2D eigenvalue weighted by atomic mass is 10.1. The van der Waals surface area contributed by atoms with Gasteiger partial charge >= 0.3 is 0 Å². The first-order valence-electron chi connectivity index (χ1n) is 8.33. The van der Waals surface area contributed by atoms with Gasteiger partial charge in [0.1, 0.15) is 0 Å². The van der Waals surface area contributed by atoms with Crippen LogP contribution in [0, 0.1) is 37.1 Å². The number of benzene rings is 1. The summed E-state index contributed by atoms with van der Waals surface area (Å²) in [6, 6.07) is 7.35. The van der Waals surface area contributed by atoms with Crippen molar-refractivity contribution in [3.8, 4) is 0 Å². The van der Waals surface area contributed by atoms with Crippen LogP contribution in [0.15, 0.2) is 34.3 Å². The highest BCUT2D eigenvalue weighted by Gasteiger charge is 2.24. The van der Waals surface area contributed by atoms with Gasteiger partial charge in [-0.15, -0.1) is 22.7 Å². The Kier molecular flexibility index (Phi) is 6.41. The summed E-state index contributed by atoms with van der Waals surface area (Å²) in [6.07, 6.45) is 2.85. The summed E-state index contributed by atoms with van der Waals surface area (Å²) in [4.78, 5) is 11.5. The van der Waals surface area contributed by atoms with Crippen LogP contribution in [-0.4, -0.2) is 12.4 Å². The van der Waals surface area contributed by atoms with Crippen molar-refractivity contribution in [3.63, 3.8) is 0 Å². The van der Waals surface area contributed by atoms with E-state index >= 15 is 0 Å². The third-order valence-electron chi connectivity index (χ3n) is 3.90. The van der Waals surface area contributed by atoms with Crippen molar-refractivity contribution >= 4 is 35.1 Å². The van der Waals surface area contributed by atoms with Crippen LogP contribution >= 0.6 is 22.7 Å². The van der Waals surface area contributed by atoms with Gasteiger partial charge in [0.05, 0.1) is 24.2 Å². The van der Waals surface area contributed by atoms with E-state index in [4.69, 9.17) is 0 Å². The number of rotatable bonds is 6. The lowest BCUT2D eigenvalue weighted by Crippen LogP contribution is -2.08. The van der Waals surface area contributed by atoms with E-state index in [2.05, 4.69) is 9.98 Å². The molecule has 0 aliphatic carbocycles. The predicted octanol–water partition coefficient (Wildman–Crippen LogP) is 6.22. The summed E-state index contributed by atoms with van der Waals surface area (Å²) in [7, 11) is 0. The quantitative estimate of drug-likeness (QED) is 0.255. The number of hydrogen-bond acceptors (Lipinski definition) is 4. The summed E-state index contributed by atoms with van der Waals surface area (Å²) < 4.78 is 57.1. The zero-order valence-corrected chi connectivity index (χ0v) is 16.7. The molecule has 28 heavy (non-hydrogen) atoms. The second-order valence-electron chi connectivity index (χ2n) is 6.05. The first kappa shape index (κ1) is 20.4. The van der Waals surface area contributed by atoms with E-state index in [0.29, 0.717) is 0 Å². The molecular formula is C20H16F4N2S2. The molecule has 0 aliphatic heterocycles. The van der Waals surface area contributed by atoms with E-state index in [1.54, 1.807) is 12.1 Å². The van der Waals surface area contributed by atoms with Crippen LogP contribution in [0.5, 0.6) is 0 Å². The van der Waals surface area contributed by atoms with Crippen LogP contribution in [0.2, 0.25) is 0 Å². The minimum Gasteiger partial charge on any atom is -0.287 e. The standard InChI is InChI=1S/C20H16F4N2S2/c1-11-3-5-13(27-11)7-25-9-15-17(21)19(23)16(20(24)18(15)22)10-26-8-14-6-4-12(2)28-14/h3-8H,9-10H2,1-2H3. The molecular weight excluding hydrogens is 408 g/mol. The monoisotopic (exact) mass is 424 g/mol. The number of nitrogens with zero attached hydrogens (tertiary/aromatic N) is 2. The van der Waals surface area contributed by atoms with Crippen LogP contribution in [0.4, 0.5) is 17.6 Å². The Morgan fingerprint density at radius 1 is 0.679 bits per heavy atom. The minimum atomic E-state index is -1.43. The molecule has 0 spiro atoms. The summed E-state index contributed by atoms with van der Waals surface area (Å²) in [5.74, 6) is -5.74. The number of hydrogen-bond donors (Lipinski definition) is 0. The van der Waals surface area contributed by atoms with Crippen molar-refractivity contribution in [3.05, 3.63) is 78.2 Å². The number of aryl methyl sites for hydroxylation is 2. The average Bonchev–Trinajstić information content (AvgIpc) is 3.27. The van der Waals surface area contributed by atoms with Crippen molar-refractivity contribution in [2.75, 3.05) is 0 Å². The second-order valence-corrected chi connectivity index (χ2v) is 8.69. The largest absolute Gasteiger partial charge is 0.287 e. The molecule has 0 atom stereocenters. The zero-order valence-electron chi connectivity index (χ0n) is 15.1. The minimum absolute atomic E-state index is 0.500. The Morgan fingerprint density at radius 2 is 1.04 bits per heavy atom. The fraction of sp³-hybridized carbons (Fsp3) is 0.200. The van der Waals surface area contributed by atoms with E-state index < -0.39 is 47.5 Å². The van der Waals surface area contributed by atoms with E-state index in [1.807, 2.05) is 26.0 Å². The maximum Gasteiger partial charge on any atom is 0.167 e. The Balaban J connectivity index is 1.80. The normalized spacial score (nSPS) is 11.9. The molecule has 0 amide bonds. The maximum atomic E-state index is 14.3. The number of halogens is 4. The summed E-state index contributed by atoms with van der Waals surface area (Å²) in [6.45, 7) is 2.82. The molecule has 0 aliphatic rings. The molecule has 0 bridgehead atoms. The second kappa shape index (κ2) is 8.79. The van der Waals surface area contributed by atoms with E-state index in [-0.39, 0.29) is 0 Å². The molecule has 0 saturated heterocycles. The molecule has 3 aromatic rings. The number of thiophene rings is 2. The maximum absolute atomic E-state index is 14.3. The summed E-state index contributed by atoms with van der Waals surface area (Å²) in [5.41, 5.74) is -1.47. The molecule has 3 rings (SSSR count). The van der Waals surface area contributed by atoms with Gasteiger partial charge in [-0.2, -0.15) is 0 Å². The first-order valence-corrected chi connectivity index (χ1v) is 9.96. The highest BCUT2D eigenvalue weighted by molar-refractivity contribution is 7.13. The molecule has 8 heteroatoms. The third-order valence-corrected chi connectivity index (χ3v) is 5.77. The van der Waals surface area contributed by atoms with Gasteiger partial charge in [-0.1, -0.05) is 0 Å². The first-order chi connectivity index (χ1) is 13.4.